The van der Waals surface area contributed by atoms with Crippen LogP contribution >= 0.6 is 11.8 Å². The summed E-state index contributed by atoms with van der Waals surface area (Å²) in [5, 5.41) is 18.3. The first-order valence-corrected chi connectivity index (χ1v) is 8.41. The van der Waals surface area contributed by atoms with E-state index in [0.717, 1.165) is 11.1 Å². The number of aliphatic hydroxyl groups is 1. The van der Waals surface area contributed by atoms with Crippen molar-refractivity contribution in [2.45, 2.75) is 18.5 Å². The van der Waals surface area contributed by atoms with E-state index in [1.807, 2.05) is 12.3 Å². The summed E-state index contributed by atoms with van der Waals surface area (Å²) in [6, 6.07) is 3.65. The Bertz CT molecular complexity index is 878. The third-order valence-electron chi connectivity index (χ3n) is 3.46. The number of hydrogen-bond donors (Lipinski definition) is 2. The highest BCUT2D eigenvalue weighted by atomic mass is 32.2. The van der Waals surface area contributed by atoms with Crippen LogP contribution in [0.3, 0.4) is 0 Å². The molecule has 2 heterocycles. The van der Waals surface area contributed by atoms with Gasteiger partial charge in [-0.3, -0.25) is 5.10 Å². The van der Waals surface area contributed by atoms with Gasteiger partial charge in [-0.15, -0.1) is 0 Å². The van der Waals surface area contributed by atoms with E-state index >= 15 is 0 Å². The Hall–Kier alpha value is -2.19. The first-order valence-electron chi connectivity index (χ1n) is 7.19. The highest BCUT2D eigenvalue weighted by molar-refractivity contribution is 7.98. The summed E-state index contributed by atoms with van der Waals surface area (Å²) in [4.78, 5) is 21.0. The second-order valence-corrected chi connectivity index (χ2v) is 5.58. The molecule has 3 rings (SSSR count). The number of aliphatic hydroxyl groups excluding tert-OH is 1. The van der Waals surface area contributed by atoms with Crippen LogP contribution in [0.2, 0.25) is 0 Å². The summed E-state index contributed by atoms with van der Waals surface area (Å²) < 4.78 is 5.03. The number of ether oxygens (including phenoxy) is 1. The average molecular weight is 332 g/mol. The molecule has 0 aliphatic carbocycles. The monoisotopic (exact) mass is 332 g/mol. The van der Waals surface area contributed by atoms with Crippen molar-refractivity contribution in [2.24, 2.45) is 0 Å². The number of esters is 1. The molecule has 0 amide bonds. The summed E-state index contributed by atoms with van der Waals surface area (Å²) in [7, 11) is 0. The van der Waals surface area contributed by atoms with Crippen molar-refractivity contribution in [2.75, 3.05) is 19.5 Å². The van der Waals surface area contributed by atoms with E-state index in [9.17, 15) is 9.90 Å². The van der Waals surface area contributed by atoms with Gasteiger partial charge < -0.3 is 9.84 Å². The molecule has 0 saturated heterocycles. The van der Waals surface area contributed by atoms with Crippen LogP contribution in [0.4, 0.5) is 0 Å². The Morgan fingerprint density at radius 3 is 2.78 bits per heavy atom. The first kappa shape index (κ1) is 15.7. The van der Waals surface area contributed by atoms with Gasteiger partial charge >= 0.3 is 5.97 Å². The highest BCUT2D eigenvalue weighted by Crippen LogP contribution is 2.28. The van der Waals surface area contributed by atoms with Crippen LogP contribution in [-0.2, 0) is 11.2 Å². The molecule has 0 radical (unpaired) electrons. The second kappa shape index (κ2) is 6.51. The second-order valence-electron chi connectivity index (χ2n) is 4.81. The lowest BCUT2D eigenvalue weighted by atomic mass is 10.1. The van der Waals surface area contributed by atoms with Crippen LogP contribution in [0.1, 0.15) is 23.1 Å². The van der Waals surface area contributed by atoms with Gasteiger partial charge in [0.1, 0.15) is 11.0 Å². The summed E-state index contributed by atoms with van der Waals surface area (Å²) in [6.07, 6.45) is 2.33. The number of thioether (sulfide) groups is 1. The Morgan fingerprint density at radius 1 is 1.30 bits per heavy atom. The molecule has 3 aromatic rings. The number of aromatic nitrogens is 4. The van der Waals surface area contributed by atoms with Crippen molar-refractivity contribution < 1.29 is 14.6 Å². The number of fused-ring (bicyclic) bond motifs is 3. The molecule has 0 unspecified atom stereocenters. The SMILES string of the molecule is CCOC(=O)c1[nH]nc2c1ccc1c(CCO)nc(SC)nc12. The number of benzene rings is 1. The Kier molecular flexibility index (Phi) is 4.44. The topological polar surface area (TPSA) is 101 Å². The number of carbonyl (C=O) groups is 1. The quantitative estimate of drug-likeness (QED) is 0.418. The van der Waals surface area contributed by atoms with Crippen LogP contribution in [0.25, 0.3) is 21.8 Å². The summed E-state index contributed by atoms with van der Waals surface area (Å²) in [6.45, 7) is 2.06. The molecular weight excluding hydrogens is 316 g/mol. The normalized spacial score (nSPS) is 11.3. The molecule has 0 aliphatic heterocycles. The minimum absolute atomic E-state index is 0.00656. The van der Waals surface area contributed by atoms with E-state index in [1.54, 1.807) is 13.0 Å². The van der Waals surface area contributed by atoms with Crippen LogP contribution in [-0.4, -0.2) is 50.7 Å². The van der Waals surface area contributed by atoms with E-state index < -0.39 is 5.97 Å². The molecule has 2 aromatic heterocycles. The Balaban J connectivity index is 2.26. The lowest BCUT2D eigenvalue weighted by molar-refractivity contribution is 0.0521. The van der Waals surface area contributed by atoms with Crippen LogP contribution in [0, 0.1) is 0 Å². The zero-order chi connectivity index (χ0) is 16.4. The van der Waals surface area contributed by atoms with E-state index in [1.165, 1.54) is 11.8 Å². The zero-order valence-corrected chi connectivity index (χ0v) is 13.6. The van der Waals surface area contributed by atoms with Gasteiger partial charge in [0.2, 0.25) is 0 Å². The van der Waals surface area contributed by atoms with Gasteiger partial charge in [0.05, 0.1) is 12.3 Å². The maximum atomic E-state index is 12.0. The third-order valence-corrected chi connectivity index (χ3v) is 4.01. The summed E-state index contributed by atoms with van der Waals surface area (Å²) >= 11 is 1.42. The fourth-order valence-corrected chi connectivity index (χ4v) is 2.84. The molecule has 8 heteroatoms. The largest absolute Gasteiger partial charge is 0.461 e. The van der Waals surface area contributed by atoms with E-state index in [4.69, 9.17) is 4.74 Å². The lowest BCUT2D eigenvalue weighted by Gasteiger charge is -2.07. The molecule has 1 aromatic carbocycles. The molecule has 0 atom stereocenters. The lowest BCUT2D eigenvalue weighted by Crippen LogP contribution is -2.05. The van der Waals surface area contributed by atoms with Gasteiger partial charge in [-0.05, 0) is 19.2 Å². The molecule has 2 N–H and O–H groups in total. The number of H-pyrrole nitrogens is 1. The van der Waals surface area contributed by atoms with Crippen molar-refractivity contribution in [3.8, 4) is 0 Å². The molecule has 120 valence electrons. The predicted octanol–water partition coefficient (Wildman–Crippen LogP) is 1.94. The summed E-state index contributed by atoms with van der Waals surface area (Å²) in [5.74, 6) is -0.441. The third kappa shape index (κ3) is 2.75. The van der Waals surface area contributed by atoms with Gasteiger partial charge in [0, 0.05) is 23.8 Å². The first-order chi connectivity index (χ1) is 11.2. The fourth-order valence-electron chi connectivity index (χ4n) is 2.46. The Labute approximate surface area is 136 Å². The number of rotatable bonds is 5. The van der Waals surface area contributed by atoms with E-state index in [2.05, 4.69) is 20.2 Å². The van der Waals surface area contributed by atoms with Crippen molar-refractivity contribution in [3.05, 3.63) is 23.5 Å². The number of nitrogens with zero attached hydrogens (tertiary/aromatic N) is 3. The standard InChI is InChI=1S/C15H16N4O3S/c1-3-22-14(21)13-9-5-4-8-10(6-7-20)16-15(23-2)17-11(8)12(9)18-19-13/h4-5,20H,3,6-7H2,1-2H3,(H,18,19). The minimum Gasteiger partial charge on any atom is -0.461 e. The molecule has 7 nitrogen and oxygen atoms in total. The van der Waals surface area contributed by atoms with Gasteiger partial charge in [-0.25, -0.2) is 14.8 Å². The number of carbonyl (C=O) groups excluding carboxylic acids is 1. The molecule has 0 bridgehead atoms. The molecule has 0 fully saturated rings. The van der Waals surface area contributed by atoms with Crippen LogP contribution < -0.4 is 0 Å². The number of nitrogens with one attached hydrogen (secondary N) is 1. The fraction of sp³-hybridized carbons (Fsp3) is 0.333. The Morgan fingerprint density at radius 2 is 2.09 bits per heavy atom. The van der Waals surface area contributed by atoms with E-state index in [0.29, 0.717) is 40.3 Å². The van der Waals surface area contributed by atoms with Crippen molar-refractivity contribution in [1.82, 2.24) is 20.2 Å². The average Bonchev–Trinajstić information content (AvgIpc) is 2.99. The van der Waals surface area contributed by atoms with Crippen LogP contribution in [0.5, 0.6) is 0 Å². The predicted molar refractivity (Wildman–Crippen MR) is 87.7 cm³/mol. The van der Waals surface area contributed by atoms with Crippen molar-refractivity contribution >= 4 is 39.5 Å². The maximum absolute atomic E-state index is 12.0. The number of aromatic amines is 1. The summed E-state index contributed by atoms with van der Waals surface area (Å²) in [5.41, 5.74) is 2.35. The van der Waals surface area contributed by atoms with Crippen molar-refractivity contribution in [3.63, 3.8) is 0 Å². The molecule has 0 saturated carbocycles. The highest BCUT2D eigenvalue weighted by Gasteiger charge is 2.18. The number of hydrogen-bond acceptors (Lipinski definition) is 7. The van der Waals surface area contributed by atoms with Gasteiger partial charge in [-0.1, -0.05) is 17.8 Å². The van der Waals surface area contributed by atoms with E-state index in [-0.39, 0.29) is 6.61 Å². The smallest absolute Gasteiger partial charge is 0.356 e. The molecule has 0 aliphatic rings. The van der Waals surface area contributed by atoms with Crippen molar-refractivity contribution in [1.29, 1.82) is 0 Å². The minimum atomic E-state index is -0.441. The van der Waals surface area contributed by atoms with Gasteiger partial charge in [-0.2, -0.15) is 5.10 Å². The molecule has 0 spiro atoms. The maximum Gasteiger partial charge on any atom is 0.356 e. The molecule has 23 heavy (non-hydrogen) atoms. The van der Waals surface area contributed by atoms with Gasteiger partial charge in [0.15, 0.2) is 10.9 Å². The molecular formula is C15H16N4O3S. The van der Waals surface area contributed by atoms with Gasteiger partial charge in [0.25, 0.3) is 0 Å². The van der Waals surface area contributed by atoms with Crippen LogP contribution in [0.15, 0.2) is 17.3 Å². The zero-order valence-electron chi connectivity index (χ0n) is 12.8.